The molecule has 0 spiro atoms. The summed E-state index contributed by atoms with van der Waals surface area (Å²) >= 11 is 1.55. The van der Waals surface area contributed by atoms with Crippen LogP contribution < -0.4 is 10.1 Å². The maximum Gasteiger partial charge on any atom is 0.336 e. The van der Waals surface area contributed by atoms with E-state index >= 15 is 0 Å². The molecule has 0 unspecified atom stereocenters. The minimum absolute atomic E-state index is 0.0102. The molecule has 1 aromatic carbocycles. The largest absolute Gasteiger partial charge is 0.496 e. The van der Waals surface area contributed by atoms with Crippen LogP contribution in [-0.4, -0.2) is 39.2 Å². The van der Waals surface area contributed by atoms with Crippen LogP contribution in [0.2, 0.25) is 0 Å². The van der Waals surface area contributed by atoms with E-state index in [1.807, 2.05) is 48.0 Å². The zero-order valence-corrected chi connectivity index (χ0v) is 19.3. The number of hydrogen-bond acceptors (Lipinski definition) is 7. The van der Waals surface area contributed by atoms with Crippen LogP contribution in [0.3, 0.4) is 0 Å². The van der Waals surface area contributed by atoms with Crippen molar-refractivity contribution in [3.8, 4) is 5.75 Å². The molecule has 168 valence electrons. The van der Waals surface area contributed by atoms with Crippen molar-refractivity contribution in [1.29, 1.82) is 0 Å². The first kappa shape index (κ1) is 22.3. The van der Waals surface area contributed by atoms with E-state index in [0.29, 0.717) is 30.6 Å². The van der Waals surface area contributed by atoms with Gasteiger partial charge in [0.25, 0.3) is 0 Å². The smallest absolute Gasteiger partial charge is 0.336 e. The molecular weight excluding hydrogens is 426 g/mol. The first-order valence-corrected chi connectivity index (χ1v) is 11.5. The van der Waals surface area contributed by atoms with Gasteiger partial charge < -0.3 is 19.5 Å². The van der Waals surface area contributed by atoms with Gasteiger partial charge in [0.2, 0.25) is 0 Å². The zero-order valence-electron chi connectivity index (χ0n) is 18.5. The van der Waals surface area contributed by atoms with E-state index in [2.05, 4.69) is 5.32 Å². The Morgan fingerprint density at radius 1 is 1.16 bits per heavy atom. The molecule has 1 aliphatic heterocycles. The molecule has 4 rings (SSSR count). The predicted molar refractivity (Wildman–Crippen MR) is 123 cm³/mol. The van der Waals surface area contributed by atoms with Crippen molar-refractivity contribution in [3.63, 3.8) is 0 Å². The highest BCUT2D eigenvalue weighted by Crippen LogP contribution is 2.47. The monoisotopic (exact) mass is 453 g/mol. The number of benzene rings is 1. The average molecular weight is 454 g/mol. The van der Waals surface area contributed by atoms with E-state index in [-0.39, 0.29) is 18.3 Å². The van der Waals surface area contributed by atoms with E-state index in [1.54, 1.807) is 25.6 Å². The Labute approximate surface area is 191 Å². The summed E-state index contributed by atoms with van der Waals surface area (Å²) in [4.78, 5) is 26.5. The van der Waals surface area contributed by atoms with Crippen molar-refractivity contribution in [3.05, 3.63) is 74.8 Å². The quantitative estimate of drug-likeness (QED) is 0.498. The number of para-hydroxylation sites is 1. The Morgan fingerprint density at radius 2 is 1.97 bits per heavy atom. The third-order valence-electron chi connectivity index (χ3n) is 6.02. The maximum atomic E-state index is 13.5. The number of ether oxygens (including phenoxy) is 3. The second-order valence-electron chi connectivity index (χ2n) is 7.94. The van der Waals surface area contributed by atoms with Crippen molar-refractivity contribution >= 4 is 23.1 Å². The van der Waals surface area contributed by atoms with Gasteiger partial charge in [-0.3, -0.25) is 4.79 Å². The van der Waals surface area contributed by atoms with Crippen molar-refractivity contribution < 1.29 is 23.8 Å². The van der Waals surface area contributed by atoms with Gasteiger partial charge in [0, 0.05) is 42.3 Å². The van der Waals surface area contributed by atoms with Crippen LogP contribution in [0.1, 0.15) is 42.7 Å². The molecule has 0 saturated carbocycles. The number of carbonyl (C=O) groups is 2. The van der Waals surface area contributed by atoms with Crippen LogP contribution in [0.15, 0.2) is 63.6 Å². The van der Waals surface area contributed by atoms with Gasteiger partial charge in [-0.05, 0) is 47.4 Å². The molecule has 0 saturated heterocycles. The van der Waals surface area contributed by atoms with Gasteiger partial charge in [-0.15, -0.1) is 0 Å². The van der Waals surface area contributed by atoms with Crippen molar-refractivity contribution in [2.24, 2.45) is 0 Å². The summed E-state index contributed by atoms with van der Waals surface area (Å²) in [5, 5.41) is 7.33. The first-order chi connectivity index (χ1) is 15.5. The number of thiophene rings is 1. The van der Waals surface area contributed by atoms with Gasteiger partial charge in [-0.25, -0.2) is 4.79 Å². The number of rotatable bonds is 7. The lowest BCUT2D eigenvalue weighted by atomic mass is 9.72. The molecule has 0 amide bonds. The summed E-state index contributed by atoms with van der Waals surface area (Å²) in [6.07, 6.45) is 1.04. The second-order valence-corrected chi connectivity index (χ2v) is 8.72. The molecule has 2 aliphatic rings. The molecule has 0 fully saturated rings. The molecule has 32 heavy (non-hydrogen) atoms. The fourth-order valence-electron chi connectivity index (χ4n) is 4.60. The van der Waals surface area contributed by atoms with E-state index in [0.717, 1.165) is 28.3 Å². The summed E-state index contributed by atoms with van der Waals surface area (Å²) in [6.45, 7) is 2.35. The first-order valence-electron chi connectivity index (χ1n) is 10.6. The van der Waals surface area contributed by atoms with E-state index < -0.39 is 11.9 Å². The highest BCUT2D eigenvalue weighted by Gasteiger charge is 2.41. The summed E-state index contributed by atoms with van der Waals surface area (Å²) in [5.74, 6) is -0.0149. The van der Waals surface area contributed by atoms with E-state index in [4.69, 9.17) is 14.2 Å². The van der Waals surface area contributed by atoms with Crippen LogP contribution >= 0.6 is 11.3 Å². The van der Waals surface area contributed by atoms with Crippen molar-refractivity contribution in [2.75, 3.05) is 27.4 Å². The minimum Gasteiger partial charge on any atom is -0.496 e. The fraction of sp³-hybridized carbons (Fsp3) is 0.360. The normalized spacial score (nSPS) is 20.7. The van der Waals surface area contributed by atoms with Gasteiger partial charge in [-0.1, -0.05) is 18.2 Å². The van der Waals surface area contributed by atoms with Crippen LogP contribution in [0, 0.1) is 0 Å². The molecule has 2 atom stereocenters. The minimum atomic E-state index is -0.432. The lowest BCUT2D eigenvalue weighted by molar-refractivity contribution is -0.140. The standard InChI is InChI=1S/C25H27NO5S/c1-15-22(25(28)31-10-9-29-2)23(16-8-11-32-14-16)24-19(26-15)12-17(13-20(24)27)18-6-4-5-7-21(18)30-3/h4-8,11,14,17,23,26H,9-10,12-13H2,1-3H3/t17-,23-/m1/s1. The molecule has 2 heterocycles. The van der Waals surface area contributed by atoms with Crippen LogP contribution in [0.25, 0.3) is 0 Å². The summed E-state index contributed by atoms with van der Waals surface area (Å²) in [7, 11) is 3.21. The molecule has 7 heteroatoms. The van der Waals surface area contributed by atoms with E-state index in [9.17, 15) is 9.59 Å². The second kappa shape index (κ2) is 9.71. The third-order valence-corrected chi connectivity index (χ3v) is 6.72. The number of hydrogen-bond donors (Lipinski definition) is 1. The zero-order chi connectivity index (χ0) is 22.7. The van der Waals surface area contributed by atoms with Gasteiger partial charge in [0.05, 0.1) is 19.3 Å². The van der Waals surface area contributed by atoms with Gasteiger partial charge in [0.1, 0.15) is 12.4 Å². The molecule has 2 aromatic rings. The lowest BCUT2D eigenvalue weighted by Crippen LogP contribution is -2.36. The molecule has 6 nitrogen and oxygen atoms in total. The number of esters is 1. The Balaban J connectivity index is 1.71. The molecule has 0 radical (unpaired) electrons. The van der Waals surface area contributed by atoms with Gasteiger partial charge in [-0.2, -0.15) is 11.3 Å². The number of allylic oxidation sites excluding steroid dienone is 3. The SMILES string of the molecule is COCCOC(=O)C1=C(C)NC2=C(C(=O)C[C@H](c3ccccc3OC)C2)[C@@H]1c1ccsc1. The van der Waals surface area contributed by atoms with E-state index in [1.165, 1.54) is 0 Å². The van der Waals surface area contributed by atoms with Crippen molar-refractivity contribution in [2.45, 2.75) is 31.6 Å². The highest BCUT2D eigenvalue weighted by atomic mass is 32.1. The third kappa shape index (κ3) is 4.23. The Bertz CT molecular complexity index is 1070. The fourth-order valence-corrected chi connectivity index (χ4v) is 5.29. The number of methoxy groups -OCH3 is 2. The Hall–Kier alpha value is -2.90. The highest BCUT2D eigenvalue weighted by molar-refractivity contribution is 7.08. The number of dihydropyridines is 1. The topological polar surface area (TPSA) is 73.9 Å². The van der Waals surface area contributed by atoms with Crippen LogP contribution in [0.5, 0.6) is 5.75 Å². The Morgan fingerprint density at radius 3 is 2.69 bits per heavy atom. The molecule has 1 aliphatic carbocycles. The Kier molecular flexibility index (Phi) is 6.77. The summed E-state index contributed by atoms with van der Waals surface area (Å²) < 4.78 is 16.0. The number of ketones is 1. The van der Waals surface area contributed by atoms with Crippen LogP contribution in [-0.2, 0) is 19.1 Å². The lowest BCUT2D eigenvalue weighted by Gasteiger charge is -2.36. The number of Topliss-reactive ketones (excluding diaryl/α,β-unsaturated/α-hetero) is 1. The number of carbonyl (C=O) groups excluding carboxylic acids is 2. The van der Waals surface area contributed by atoms with Gasteiger partial charge >= 0.3 is 5.97 Å². The summed E-state index contributed by atoms with van der Waals surface area (Å²) in [5.41, 5.74) is 4.71. The van der Waals surface area contributed by atoms with Crippen LogP contribution in [0.4, 0.5) is 0 Å². The molecule has 0 bridgehead atoms. The molecule has 1 aromatic heterocycles. The molecular formula is C25H27NO5S. The average Bonchev–Trinajstić information content (AvgIpc) is 3.32. The maximum absolute atomic E-state index is 13.5. The predicted octanol–water partition coefficient (Wildman–Crippen LogP) is 4.31. The van der Waals surface area contributed by atoms with Gasteiger partial charge in [0.15, 0.2) is 5.78 Å². The molecule has 1 N–H and O–H groups in total. The summed E-state index contributed by atoms with van der Waals surface area (Å²) in [6, 6.07) is 9.81. The number of nitrogens with one attached hydrogen (secondary N) is 1. The van der Waals surface area contributed by atoms with Crippen molar-refractivity contribution in [1.82, 2.24) is 5.32 Å².